The van der Waals surface area contributed by atoms with Crippen molar-refractivity contribution < 1.29 is 19.1 Å². The van der Waals surface area contributed by atoms with Gasteiger partial charge in [-0.1, -0.05) is 22.0 Å². The van der Waals surface area contributed by atoms with E-state index in [0.29, 0.717) is 16.5 Å². The second kappa shape index (κ2) is 8.37. The first kappa shape index (κ1) is 22.3. The van der Waals surface area contributed by atoms with Crippen molar-refractivity contribution >= 4 is 27.8 Å². The number of amides is 1. The number of benzene rings is 1. The van der Waals surface area contributed by atoms with Crippen molar-refractivity contribution in [2.24, 2.45) is 28.6 Å². The van der Waals surface area contributed by atoms with Gasteiger partial charge < -0.3 is 20.6 Å². The van der Waals surface area contributed by atoms with E-state index in [1.54, 1.807) is 12.1 Å². The van der Waals surface area contributed by atoms with Gasteiger partial charge in [0.05, 0.1) is 11.3 Å². The Hall–Kier alpha value is -1.51. The Morgan fingerprint density at radius 1 is 1.25 bits per heavy atom. The quantitative estimate of drug-likeness (QED) is 0.528. The molecule has 4 atom stereocenters. The fourth-order valence-corrected chi connectivity index (χ4v) is 7.64. The Morgan fingerprint density at radius 3 is 2.66 bits per heavy atom. The predicted molar refractivity (Wildman–Crippen MR) is 121 cm³/mol. The van der Waals surface area contributed by atoms with Gasteiger partial charge in [0.25, 0.3) is 0 Å². The normalized spacial score (nSPS) is 32.9. The van der Waals surface area contributed by atoms with E-state index < -0.39 is 17.3 Å². The third kappa shape index (κ3) is 3.49. The molecular weight excluding hydrogens is 477 g/mol. The molecule has 3 N–H and O–H groups in total. The van der Waals surface area contributed by atoms with Crippen LogP contribution in [0.4, 0.5) is 4.39 Å². The molecule has 1 aromatic carbocycles. The Morgan fingerprint density at radius 2 is 2.00 bits per heavy atom. The van der Waals surface area contributed by atoms with E-state index in [1.807, 2.05) is 0 Å². The Kier molecular flexibility index (Phi) is 5.83. The van der Waals surface area contributed by atoms with E-state index in [4.69, 9.17) is 0 Å². The van der Waals surface area contributed by atoms with E-state index in [-0.39, 0.29) is 35.5 Å². The molecule has 32 heavy (non-hydrogen) atoms. The van der Waals surface area contributed by atoms with Crippen molar-refractivity contribution in [3.8, 4) is 0 Å². The fraction of sp³-hybridized carbons (Fsp3) is 0.667. The summed E-state index contributed by atoms with van der Waals surface area (Å²) in [5, 5.41) is 16.6. The number of piperazine rings is 1. The summed E-state index contributed by atoms with van der Waals surface area (Å²) in [4.78, 5) is 28.8. The molecule has 3 saturated carbocycles. The van der Waals surface area contributed by atoms with E-state index >= 15 is 0 Å². The highest BCUT2D eigenvalue weighted by atomic mass is 79.9. The van der Waals surface area contributed by atoms with Gasteiger partial charge in [-0.25, -0.2) is 4.39 Å². The van der Waals surface area contributed by atoms with Crippen LogP contribution in [0.25, 0.3) is 0 Å². The summed E-state index contributed by atoms with van der Waals surface area (Å²) < 4.78 is 15.0. The minimum Gasteiger partial charge on any atom is -0.481 e. The number of carboxylic acid groups (broad SMARTS) is 1. The van der Waals surface area contributed by atoms with E-state index in [1.165, 1.54) is 6.07 Å². The number of hydrogen-bond acceptors (Lipinski definition) is 4. The molecule has 4 aliphatic rings. The van der Waals surface area contributed by atoms with Crippen molar-refractivity contribution in [3.63, 3.8) is 0 Å². The number of carbonyl (C=O) groups is 2. The van der Waals surface area contributed by atoms with Crippen LogP contribution in [0, 0.1) is 34.4 Å². The predicted octanol–water partition coefficient (Wildman–Crippen LogP) is 3.01. The number of nitrogens with one attached hydrogen (secondary N) is 2. The van der Waals surface area contributed by atoms with Crippen LogP contribution in [0.15, 0.2) is 22.7 Å². The third-order valence-corrected chi connectivity index (χ3v) is 9.29. The van der Waals surface area contributed by atoms with Crippen LogP contribution < -0.4 is 10.6 Å². The van der Waals surface area contributed by atoms with Gasteiger partial charge in [-0.2, -0.15) is 0 Å². The minimum atomic E-state index is -0.915. The van der Waals surface area contributed by atoms with Gasteiger partial charge >= 0.3 is 5.97 Å². The maximum Gasteiger partial charge on any atom is 0.307 e. The second-order valence-corrected chi connectivity index (χ2v) is 11.0. The molecule has 0 unspecified atom stereocenters. The monoisotopic (exact) mass is 507 g/mol. The smallest absolute Gasteiger partial charge is 0.307 e. The van der Waals surface area contributed by atoms with Gasteiger partial charge in [-0.15, -0.1) is 0 Å². The van der Waals surface area contributed by atoms with Crippen LogP contribution in [-0.4, -0.2) is 54.6 Å². The standard InChI is InChI=1S/C24H31BrFN3O3/c25-16-2-1-15(18(26)13-16)14-28-22(32)24(7-10-29-11-8-27-9-12-29)19-4-3-17(20(24)21(30)31)23(19)5-6-23/h1-2,13,17,19-20,27H,3-12,14H2,(H,28,32)(H,30,31)/t17-,19+,20+,24-/m1/s1. The first-order chi connectivity index (χ1) is 15.4. The van der Waals surface area contributed by atoms with Crippen LogP contribution >= 0.6 is 15.9 Å². The van der Waals surface area contributed by atoms with Gasteiger partial charge in [0.1, 0.15) is 5.82 Å². The molecule has 2 bridgehead atoms. The van der Waals surface area contributed by atoms with Gasteiger partial charge in [0.2, 0.25) is 5.91 Å². The average molecular weight is 508 g/mol. The fourth-order valence-electron chi connectivity index (χ4n) is 7.31. The average Bonchev–Trinajstić information content (AvgIpc) is 3.44. The van der Waals surface area contributed by atoms with Crippen molar-refractivity contribution in [2.75, 3.05) is 32.7 Å². The number of carboxylic acids is 1. The van der Waals surface area contributed by atoms with Gasteiger partial charge in [0.15, 0.2) is 0 Å². The highest BCUT2D eigenvalue weighted by molar-refractivity contribution is 9.10. The molecule has 1 amide bonds. The van der Waals surface area contributed by atoms with Crippen LogP contribution in [-0.2, 0) is 16.1 Å². The van der Waals surface area contributed by atoms with Crippen molar-refractivity contribution in [1.82, 2.24) is 15.5 Å². The van der Waals surface area contributed by atoms with Gasteiger partial charge in [-0.3, -0.25) is 9.59 Å². The molecule has 1 aliphatic heterocycles. The third-order valence-electron chi connectivity index (χ3n) is 8.80. The highest BCUT2D eigenvalue weighted by Gasteiger charge is 2.77. The number of carbonyl (C=O) groups excluding carboxylic acids is 1. The summed E-state index contributed by atoms with van der Waals surface area (Å²) in [6.07, 6.45) is 4.47. The topological polar surface area (TPSA) is 81.7 Å². The SMILES string of the molecule is O=C(O)[C@@H]1[C@H]2CC[C@@H](C23CC3)[C@@]1(CCN1CCNCC1)C(=O)NCc1ccc(Br)cc1F. The molecule has 1 heterocycles. The first-order valence-corrected chi connectivity index (χ1v) is 12.6. The first-order valence-electron chi connectivity index (χ1n) is 11.8. The summed E-state index contributed by atoms with van der Waals surface area (Å²) in [5.74, 6) is -1.87. The maximum absolute atomic E-state index is 14.4. The van der Waals surface area contributed by atoms with Crippen molar-refractivity contribution in [3.05, 3.63) is 34.1 Å². The Labute approximate surface area is 196 Å². The summed E-state index contributed by atoms with van der Waals surface area (Å²) in [6.45, 7) is 4.47. The zero-order valence-corrected chi connectivity index (χ0v) is 19.8. The minimum absolute atomic E-state index is 0.0344. The lowest BCUT2D eigenvalue weighted by Crippen LogP contribution is -2.54. The van der Waals surface area contributed by atoms with Gasteiger partial charge in [0, 0.05) is 42.8 Å². The van der Waals surface area contributed by atoms with Crippen molar-refractivity contribution in [1.29, 1.82) is 0 Å². The molecule has 8 heteroatoms. The molecule has 5 rings (SSSR count). The highest BCUT2D eigenvalue weighted by Crippen LogP contribution is 2.79. The molecule has 3 aliphatic carbocycles. The zero-order valence-electron chi connectivity index (χ0n) is 18.2. The van der Waals surface area contributed by atoms with Crippen molar-refractivity contribution in [2.45, 2.75) is 38.6 Å². The Balaban J connectivity index is 1.42. The van der Waals surface area contributed by atoms with Crippen LogP contribution in [0.2, 0.25) is 0 Å². The molecule has 0 radical (unpaired) electrons. The summed E-state index contributed by atoms with van der Waals surface area (Å²) in [5.41, 5.74) is -0.468. The molecule has 4 fully saturated rings. The molecule has 6 nitrogen and oxygen atoms in total. The van der Waals surface area contributed by atoms with E-state index in [9.17, 15) is 19.1 Å². The molecule has 0 aromatic heterocycles. The lowest BCUT2D eigenvalue weighted by atomic mass is 9.63. The molecule has 1 aromatic rings. The number of aliphatic carboxylic acids is 1. The number of nitrogens with zero attached hydrogens (tertiary/aromatic N) is 1. The summed E-state index contributed by atoms with van der Waals surface area (Å²) in [6, 6.07) is 4.80. The van der Waals surface area contributed by atoms with Gasteiger partial charge in [-0.05, 0) is 68.0 Å². The molecule has 1 spiro atoms. The Bertz CT molecular complexity index is 918. The zero-order chi connectivity index (χ0) is 22.5. The molecule has 174 valence electrons. The van der Waals surface area contributed by atoms with E-state index in [2.05, 4.69) is 31.5 Å². The van der Waals surface area contributed by atoms with Crippen LogP contribution in [0.1, 0.15) is 37.7 Å². The molecular formula is C24H31BrFN3O3. The van der Waals surface area contributed by atoms with Crippen LogP contribution in [0.3, 0.4) is 0 Å². The lowest BCUT2D eigenvalue weighted by Gasteiger charge is -2.42. The van der Waals surface area contributed by atoms with E-state index in [0.717, 1.165) is 58.4 Å². The number of hydrogen-bond donors (Lipinski definition) is 3. The lowest BCUT2D eigenvalue weighted by molar-refractivity contribution is -0.158. The second-order valence-electron chi connectivity index (χ2n) is 10.1. The summed E-state index contributed by atoms with van der Waals surface area (Å²) >= 11 is 3.26. The summed E-state index contributed by atoms with van der Waals surface area (Å²) in [7, 11) is 0. The maximum atomic E-state index is 14.4. The number of halogens is 2. The number of rotatable bonds is 7. The molecule has 1 saturated heterocycles. The van der Waals surface area contributed by atoms with Crippen LogP contribution in [0.5, 0.6) is 0 Å². The largest absolute Gasteiger partial charge is 0.481 e.